The highest BCUT2D eigenvalue weighted by molar-refractivity contribution is 5.99. The van der Waals surface area contributed by atoms with Crippen molar-refractivity contribution in [2.24, 2.45) is 23.3 Å². The summed E-state index contributed by atoms with van der Waals surface area (Å²) < 4.78 is 0. The van der Waals surface area contributed by atoms with Crippen LogP contribution in [-0.4, -0.2) is 197 Å². The Balaban J connectivity index is 1.89. The van der Waals surface area contributed by atoms with Crippen molar-refractivity contribution in [3.05, 3.63) is 59.7 Å². The molecule has 0 radical (unpaired) electrons. The lowest BCUT2D eigenvalue weighted by atomic mass is 9.98. The van der Waals surface area contributed by atoms with Crippen LogP contribution in [0.3, 0.4) is 0 Å². The fraction of sp³-hybridized carbons (Fsp3) is 0.561. The Morgan fingerprint density at radius 3 is 1.45 bits per heavy atom. The normalized spacial score (nSPS) is 16.6. The van der Waals surface area contributed by atoms with E-state index >= 15 is 0 Å². The number of carboxylic acid groups (broad SMARTS) is 4. The van der Waals surface area contributed by atoms with E-state index in [4.69, 9.17) is 16.6 Å². The number of likely N-dealkylation sites (tertiary alicyclic amines) is 1. The highest BCUT2D eigenvalue weighted by Gasteiger charge is 2.42. The number of aromatic hydroxyl groups is 2. The minimum absolute atomic E-state index is 0.0324. The first-order chi connectivity index (χ1) is 41.4. The van der Waals surface area contributed by atoms with Crippen molar-refractivity contribution >= 4 is 77.0 Å². The average molecular weight is 1240 g/mol. The summed E-state index contributed by atoms with van der Waals surface area (Å²) in [5.41, 5.74) is 12.3. The van der Waals surface area contributed by atoms with Gasteiger partial charge in [-0.25, -0.2) is 4.79 Å². The number of hydrogen-bond acceptors (Lipinski definition) is 18. The fourth-order valence-corrected chi connectivity index (χ4v) is 9.27. The van der Waals surface area contributed by atoms with Crippen molar-refractivity contribution in [2.45, 2.75) is 178 Å². The van der Waals surface area contributed by atoms with Gasteiger partial charge in [0.25, 0.3) is 0 Å². The highest BCUT2D eigenvalue weighted by Crippen LogP contribution is 2.22. The molecule has 1 heterocycles. The zero-order valence-electron chi connectivity index (χ0n) is 49.6. The molecule has 9 amide bonds. The molecule has 19 N–H and O–H groups in total. The maximum absolute atomic E-state index is 14.5. The van der Waals surface area contributed by atoms with Crippen molar-refractivity contribution in [3.8, 4) is 11.5 Å². The molecule has 31 nitrogen and oxygen atoms in total. The molecule has 0 spiro atoms. The largest absolute Gasteiger partial charge is 0.508 e. The number of rotatable bonds is 37. The molecular weight excluding hydrogens is 1160 g/mol. The van der Waals surface area contributed by atoms with Crippen LogP contribution in [0.25, 0.3) is 0 Å². The maximum Gasteiger partial charge on any atom is 0.326 e. The molecule has 88 heavy (non-hydrogen) atoms. The third-order valence-electron chi connectivity index (χ3n) is 14.6. The van der Waals surface area contributed by atoms with Crippen LogP contribution >= 0.6 is 0 Å². The fourth-order valence-electron chi connectivity index (χ4n) is 9.27. The molecule has 1 aliphatic rings. The molecule has 0 aliphatic carbocycles. The van der Waals surface area contributed by atoms with E-state index in [1.165, 1.54) is 62.4 Å². The van der Waals surface area contributed by atoms with Crippen molar-refractivity contribution in [2.75, 3.05) is 13.1 Å². The number of nitrogens with zero attached hydrogens (tertiary/aromatic N) is 1. The Hall–Kier alpha value is -8.97. The van der Waals surface area contributed by atoms with E-state index < -0.39 is 181 Å². The van der Waals surface area contributed by atoms with Gasteiger partial charge in [-0.05, 0) is 99.2 Å². The second-order valence-electron chi connectivity index (χ2n) is 21.9. The minimum atomic E-state index is -1.94. The second kappa shape index (κ2) is 35.6. The molecule has 0 aromatic heterocycles. The minimum Gasteiger partial charge on any atom is -0.508 e. The zero-order valence-corrected chi connectivity index (χ0v) is 49.6. The van der Waals surface area contributed by atoms with Gasteiger partial charge >= 0.3 is 23.9 Å². The summed E-state index contributed by atoms with van der Waals surface area (Å²) in [6, 6.07) is -4.95. The molecule has 1 aliphatic heterocycles. The van der Waals surface area contributed by atoms with Gasteiger partial charge in [0.05, 0.1) is 18.6 Å². The lowest BCUT2D eigenvalue weighted by Gasteiger charge is -2.32. The molecule has 2 aromatic carbocycles. The molecule has 31 heteroatoms. The van der Waals surface area contributed by atoms with E-state index in [0.29, 0.717) is 17.5 Å². The van der Waals surface area contributed by atoms with Crippen LogP contribution < -0.4 is 54.0 Å². The molecule has 0 saturated carbocycles. The predicted octanol–water partition coefficient (Wildman–Crippen LogP) is -2.81. The number of aliphatic carboxylic acids is 4. The van der Waals surface area contributed by atoms with E-state index in [2.05, 4.69) is 42.5 Å². The van der Waals surface area contributed by atoms with Gasteiger partial charge in [0, 0.05) is 32.2 Å². The third-order valence-corrected chi connectivity index (χ3v) is 14.6. The number of carbonyl (C=O) groups excluding carboxylic acids is 9. The number of nitrogens with two attached hydrogens (primary N) is 2. The Kier molecular flexibility index (Phi) is 29.7. The van der Waals surface area contributed by atoms with Crippen LogP contribution in [0.2, 0.25) is 0 Å². The van der Waals surface area contributed by atoms with Gasteiger partial charge < -0.3 is 94.6 Å². The van der Waals surface area contributed by atoms with Crippen LogP contribution in [0.4, 0.5) is 0 Å². The van der Waals surface area contributed by atoms with Crippen LogP contribution in [0.5, 0.6) is 11.5 Å². The Morgan fingerprint density at radius 2 is 0.989 bits per heavy atom. The van der Waals surface area contributed by atoms with Crippen molar-refractivity contribution in [1.82, 2.24) is 47.4 Å². The topological polar surface area (TPSA) is 515 Å². The quantitative estimate of drug-likeness (QED) is 0.0325. The van der Waals surface area contributed by atoms with Crippen LogP contribution in [0, 0.1) is 11.8 Å². The summed E-state index contributed by atoms with van der Waals surface area (Å²) in [6.45, 7) is 7.35. The lowest BCUT2D eigenvalue weighted by Crippen LogP contribution is -2.62. The first-order valence-corrected chi connectivity index (χ1v) is 28.7. The molecule has 0 bridgehead atoms. The lowest BCUT2D eigenvalue weighted by molar-refractivity contribution is -0.145. The van der Waals surface area contributed by atoms with Crippen LogP contribution in [-0.2, 0) is 75.2 Å². The number of hydrogen-bond donors (Lipinski definition) is 17. The van der Waals surface area contributed by atoms with Gasteiger partial charge in [-0.1, -0.05) is 58.4 Å². The van der Waals surface area contributed by atoms with Gasteiger partial charge in [0.15, 0.2) is 0 Å². The van der Waals surface area contributed by atoms with E-state index in [-0.39, 0.29) is 69.5 Å². The number of phenols is 2. The molecule has 12 atom stereocenters. The van der Waals surface area contributed by atoms with Gasteiger partial charge in [-0.2, -0.15) is 0 Å². The van der Waals surface area contributed by atoms with Crippen LogP contribution in [0.15, 0.2) is 48.5 Å². The maximum atomic E-state index is 14.5. The van der Waals surface area contributed by atoms with E-state index in [1.807, 2.05) is 0 Å². The number of benzene rings is 2. The molecule has 0 unspecified atom stereocenters. The van der Waals surface area contributed by atoms with E-state index in [1.54, 1.807) is 13.8 Å². The molecule has 1 saturated heterocycles. The Bertz CT molecular complexity index is 2780. The highest BCUT2D eigenvalue weighted by atomic mass is 16.4. The van der Waals surface area contributed by atoms with Crippen molar-refractivity contribution in [3.63, 3.8) is 0 Å². The number of aliphatic hydroxyl groups excluding tert-OH is 1. The van der Waals surface area contributed by atoms with Crippen molar-refractivity contribution in [1.29, 1.82) is 0 Å². The first-order valence-electron chi connectivity index (χ1n) is 28.7. The molecular formula is C57H83N11O20. The molecule has 3 rings (SSSR count). The van der Waals surface area contributed by atoms with Gasteiger partial charge in [0.2, 0.25) is 53.2 Å². The first kappa shape index (κ1) is 73.3. The summed E-state index contributed by atoms with van der Waals surface area (Å²) in [4.78, 5) is 174. The number of carbonyl (C=O) groups is 13. The summed E-state index contributed by atoms with van der Waals surface area (Å²) >= 11 is 0. The summed E-state index contributed by atoms with van der Waals surface area (Å²) in [7, 11) is 0. The number of nitrogens with one attached hydrogen (secondary N) is 8. The second-order valence-corrected chi connectivity index (χ2v) is 21.9. The SMILES string of the molecule is CC[C@H](C)[C@H](NC(=O)[C@H](Cc1ccc(O)cc1)NC(=O)[C@H](CC(=O)O)NC(=O)[C@@H]1CCCN1C(=O)[C@@H](NC(=O)[C@H](CCC(=O)O)NC(=O)[C@@H](NC(=O)[C@H](Cc1ccc(O)cc1)NC(=O)[C@H](CCCN)NC(=O)[C@@H](N)CCC(=O)O)[C@@H](C)O)C(C)C)C(=O)O. The standard InChI is InChI=1S/C57H83N11O20/c1-6-29(4)46(57(87)88)66-52(82)38(25-31-11-15-33(70)16-12-31)63-51(81)40(27-44(76)77)64-54(84)41-10-8-24-68(41)56(86)45(28(2)3)65-50(80)37(20-22-43(74)75)61-55(85)47(30(5)69)67-53(83)39(26-32-13-17-34(71)18-14-32)62-49(79)36(9-7-23-58)60-48(78)35(59)19-21-42(72)73/h11-18,28-30,35-41,45-47,69-71H,6-10,19-27,58-59H2,1-5H3,(H,60,78)(H,61,85)(H,62,79)(H,63,81)(H,64,84)(H,65,80)(H,66,82)(H,67,83)(H,72,73)(H,74,75)(H,76,77)(H,87,88)/t29-,30+,35-,36-,37-,38-,39-,40-,41-,45-,46-,47-/m0/s1. The number of carboxylic acids is 4. The van der Waals surface area contributed by atoms with Crippen molar-refractivity contribution < 1.29 is 98.1 Å². The van der Waals surface area contributed by atoms with Gasteiger partial charge in [-0.3, -0.25) is 57.5 Å². The third kappa shape index (κ3) is 23.7. The molecule has 1 fully saturated rings. The summed E-state index contributed by atoms with van der Waals surface area (Å²) in [5, 5.41) is 88.4. The number of amides is 9. The van der Waals surface area contributed by atoms with Gasteiger partial charge in [0.1, 0.15) is 65.9 Å². The number of aliphatic hydroxyl groups is 1. The summed E-state index contributed by atoms with van der Waals surface area (Å²) in [6.07, 6.45) is -4.92. The zero-order chi connectivity index (χ0) is 66.1. The van der Waals surface area contributed by atoms with E-state index in [9.17, 15) is 93.0 Å². The van der Waals surface area contributed by atoms with Gasteiger partial charge in [-0.15, -0.1) is 0 Å². The summed E-state index contributed by atoms with van der Waals surface area (Å²) in [5.74, 6) is -16.6. The van der Waals surface area contributed by atoms with E-state index in [0.717, 1.165) is 11.8 Å². The predicted molar refractivity (Wildman–Crippen MR) is 310 cm³/mol. The molecule has 2 aromatic rings. The number of phenolic OH excluding ortho intramolecular Hbond substituents is 2. The Labute approximate surface area is 506 Å². The molecule has 486 valence electrons. The van der Waals surface area contributed by atoms with Crippen LogP contribution in [0.1, 0.15) is 110 Å². The average Bonchev–Trinajstić information content (AvgIpc) is 4.17. The smallest absolute Gasteiger partial charge is 0.326 e. The monoisotopic (exact) mass is 1240 g/mol. The Morgan fingerprint density at radius 1 is 0.545 bits per heavy atom.